The van der Waals surface area contributed by atoms with Crippen LogP contribution in [0.3, 0.4) is 0 Å². The van der Waals surface area contributed by atoms with Gasteiger partial charge in [0.25, 0.3) is 5.91 Å². The molecule has 1 spiro atoms. The van der Waals surface area contributed by atoms with Gasteiger partial charge < -0.3 is 15.5 Å². The van der Waals surface area contributed by atoms with E-state index in [1.807, 2.05) is 4.90 Å². The first kappa shape index (κ1) is 17.8. The summed E-state index contributed by atoms with van der Waals surface area (Å²) < 4.78 is 0. The highest BCUT2D eigenvalue weighted by Crippen LogP contribution is 2.30. The van der Waals surface area contributed by atoms with E-state index in [9.17, 15) is 14.4 Å². The first-order chi connectivity index (χ1) is 13.6. The lowest BCUT2D eigenvalue weighted by molar-refractivity contribution is -0.134. The van der Waals surface area contributed by atoms with Gasteiger partial charge in [-0.05, 0) is 31.0 Å². The molecule has 2 N–H and O–H groups in total. The van der Waals surface area contributed by atoms with Crippen LogP contribution in [0.1, 0.15) is 12.8 Å². The number of nitrogens with one attached hydrogen (secondary N) is 2. The minimum atomic E-state index is -0.973. The van der Waals surface area contributed by atoms with Crippen LogP contribution >= 0.6 is 0 Å². The fourth-order valence-electron chi connectivity index (χ4n) is 3.48. The van der Waals surface area contributed by atoms with E-state index in [1.165, 1.54) is 0 Å². The summed E-state index contributed by atoms with van der Waals surface area (Å²) in [5, 5.41) is 5.44. The molecule has 2 fully saturated rings. The molecule has 2 aromatic rings. The van der Waals surface area contributed by atoms with E-state index in [4.69, 9.17) is 0 Å². The van der Waals surface area contributed by atoms with Gasteiger partial charge in [0.2, 0.25) is 11.9 Å². The van der Waals surface area contributed by atoms with Crippen molar-refractivity contribution in [2.45, 2.75) is 18.4 Å². The van der Waals surface area contributed by atoms with Gasteiger partial charge in [-0.3, -0.25) is 19.5 Å². The number of urea groups is 1. The van der Waals surface area contributed by atoms with Crippen molar-refractivity contribution in [2.24, 2.45) is 0 Å². The molecule has 0 atom stereocenters. The van der Waals surface area contributed by atoms with Gasteiger partial charge in [0, 0.05) is 43.6 Å². The zero-order chi connectivity index (χ0) is 19.6. The van der Waals surface area contributed by atoms with Crippen LogP contribution in [0.4, 0.5) is 16.4 Å². The van der Waals surface area contributed by atoms with Crippen molar-refractivity contribution in [1.82, 2.24) is 25.2 Å². The van der Waals surface area contributed by atoms with Gasteiger partial charge in [-0.25, -0.2) is 14.8 Å². The highest BCUT2D eigenvalue weighted by molar-refractivity contribution is 6.10. The maximum atomic E-state index is 12.9. The van der Waals surface area contributed by atoms with E-state index in [0.29, 0.717) is 37.6 Å². The van der Waals surface area contributed by atoms with Crippen molar-refractivity contribution in [2.75, 3.05) is 29.9 Å². The van der Waals surface area contributed by atoms with Gasteiger partial charge in [-0.2, -0.15) is 0 Å². The summed E-state index contributed by atoms with van der Waals surface area (Å²) in [6.45, 7) is 0.737. The van der Waals surface area contributed by atoms with Gasteiger partial charge in [0.1, 0.15) is 12.1 Å². The van der Waals surface area contributed by atoms with Crippen molar-refractivity contribution >= 4 is 29.5 Å². The number of imide groups is 1. The number of carbonyl (C=O) groups excluding carboxylic acids is 3. The number of amides is 4. The van der Waals surface area contributed by atoms with Gasteiger partial charge in [0.05, 0.1) is 0 Å². The van der Waals surface area contributed by atoms with Gasteiger partial charge in [0.15, 0.2) is 0 Å². The van der Waals surface area contributed by atoms with Crippen molar-refractivity contribution in [3.8, 4) is 0 Å². The standard InChI is InChI=1S/C18H19N7O3/c26-14(22-13-2-8-19-9-3-13)12-25-15(27)18(23-17(25)28)4-10-24(11-5-18)16-20-6-1-7-21-16/h1-3,6-9H,4-5,10-12H2,(H,23,28)(H,19,22,26). The summed E-state index contributed by atoms with van der Waals surface area (Å²) in [5.74, 6) is -0.208. The number of pyridine rings is 1. The Morgan fingerprint density at radius 2 is 1.79 bits per heavy atom. The van der Waals surface area contributed by atoms with E-state index in [0.717, 1.165) is 4.90 Å². The normalized spacial score (nSPS) is 18.3. The second-order valence-corrected chi connectivity index (χ2v) is 6.72. The van der Waals surface area contributed by atoms with Crippen molar-refractivity contribution in [3.63, 3.8) is 0 Å². The molecule has 2 aromatic heterocycles. The van der Waals surface area contributed by atoms with Gasteiger partial charge in [-0.1, -0.05) is 0 Å². The van der Waals surface area contributed by atoms with E-state index >= 15 is 0 Å². The monoisotopic (exact) mass is 381 g/mol. The molecule has 28 heavy (non-hydrogen) atoms. The summed E-state index contributed by atoms with van der Waals surface area (Å²) in [6.07, 6.45) is 7.28. The molecule has 0 saturated carbocycles. The summed E-state index contributed by atoms with van der Waals surface area (Å²) in [5.41, 5.74) is -0.419. The fraction of sp³-hybridized carbons (Fsp3) is 0.333. The second-order valence-electron chi connectivity index (χ2n) is 6.72. The van der Waals surface area contributed by atoms with Crippen LogP contribution in [0.5, 0.6) is 0 Å². The number of hydrogen-bond donors (Lipinski definition) is 2. The minimum Gasteiger partial charge on any atom is -0.341 e. The molecule has 0 bridgehead atoms. The third-order valence-electron chi connectivity index (χ3n) is 4.96. The molecule has 10 heteroatoms. The van der Waals surface area contributed by atoms with Crippen molar-refractivity contribution in [3.05, 3.63) is 43.0 Å². The predicted molar refractivity (Wildman–Crippen MR) is 99.3 cm³/mol. The fourth-order valence-corrected chi connectivity index (χ4v) is 3.48. The largest absolute Gasteiger partial charge is 0.341 e. The van der Waals surface area contributed by atoms with Crippen LogP contribution in [0, 0.1) is 0 Å². The van der Waals surface area contributed by atoms with Crippen LogP contribution in [-0.4, -0.2) is 62.9 Å². The minimum absolute atomic E-state index is 0.333. The number of aromatic nitrogens is 3. The third kappa shape index (κ3) is 3.36. The van der Waals surface area contributed by atoms with Crippen molar-refractivity contribution < 1.29 is 14.4 Å². The number of anilines is 2. The van der Waals surface area contributed by atoms with Crippen LogP contribution in [0.2, 0.25) is 0 Å². The smallest absolute Gasteiger partial charge is 0.325 e. The maximum Gasteiger partial charge on any atom is 0.325 e. The second kappa shape index (κ2) is 7.22. The van der Waals surface area contributed by atoms with Crippen LogP contribution < -0.4 is 15.5 Å². The molecule has 2 aliphatic rings. The van der Waals surface area contributed by atoms with Gasteiger partial charge >= 0.3 is 6.03 Å². The highest BCUT2D eigenvalue weighted by Gasteiger charge is 2.52. The lowest BCUT2D eigenvalue weighted by atomic mass is 9.87. The Kier molecular flexibility index (Phi) is 4.60. The third-order valence-corrected chi connectivity index (χ3v) is 4.96. The molecule has 4 heterocycles. The average Bonchev–Trinajstić information content (AvgIpc) is 2.94. The summed E-state index contributed by atoms with van der Waals surface area (Å²) >= 11 is 0. The Balaban J connectivity index is 1.39. The molecule has 144 valence electrons. The molecule has 4 rings (SSSR count). The topological polar surface area (TPSA) is 120 Å². The summed E-state index contributed by atoms with van der Waals surface area (Å²) in [6, 6.07) is 4.46. The number of hydrogen-bond acceptors (Lipinski definition) is 7. The van der Waals surface area contributed by atoms with E-state index in [-0.39, 0.29) is 12.5 Å². The molecular formula is C18H19N7O3. The molecule has 4 amide bonds. The Bertz CT molecular complexity index is 883. The summed E-state index contributed by atoms with van der Waals surface area (Å²) in [7, 11) is 0. The highest BCUT2D eigenvalue weighted by atomic mass is 16.2. The Hall–Kier alpha value is -3.56. The SMILES string of the molecule is O=C(CN1C(=O)NC2(CCN(c3ncccn3)CC2)C1=O)Nc1ccncc1. The average molecular weight is 381 g/mol. The summed E-state index contributed by atoms with van der Waals surface area (Å²) in [4.78, 5) is 52.8. The van der Waals surface area contributed by atoms with Crippen LogP contribution in [0.15, 0.2) is 43.0 Å². The molecule has 2 saturated heterocycles. The molecule has 0 unspecified atom stereocenters. The van der Waals surface area contributed by atoms with Crippen LogP contribution in [0.25, 0.3) is 0 Å². The molecule has 2 aliphatic heterocycles. The first-order valence-corrected chi connectivity index (χ1v) is 8.93. The number of nitrogens with zero attached hydrogens (tertiary/aromatic N) is 5. The molecule has 0 radical (unpaired) electrons. The lowest BCUT2D eigenvalue weighted by Gasteiger charge is -2.37. The molecule has 0 aromatic carbocycles. The molecule has 0 aliphatic carbocycles. The number of piperidine rings is 1. The van der Waals surface area contributed by atoms with E-state index < -0.39 is 17.5 Å². The van der Waals surface area contributed by atoms with Crippen LogP contribution in [-0.2, 0) is 9.59 Å². The molecular weight excluding hydrogens is 362 g/mol. The number of rotatable bonds is 4. The number of carbonyl (C=O) groups is 3. The van der Waals surface area contributed by atoms with Crippen molar-refractivity contribution in [1.29, 1.82) is 0 Å². The van der Waals surface area contributed by atoms with E-state index in [2.05, 4.69) is 25.6 Å². The van der Waals surface area contributed by atoms with Gasteiger partial charge in [-0.15, -0.1) is 0 Å². The zero-order valence-corrected chi connectivity index (χ0v) is 15.0. The Labute approximate surface area is 161 Å². The lowest BCUT2D eigenvalue weighted by Crippen LogP contribution is -2.55. The maximum absolute atomic E-state index is 12.9. The predicted octanol–water partition coefficient (Wildman–Crippen LogP) is 0.401. The quantitative estimate of drug-likeness (QED) is 0.736. The molecule has 10 nitrogen and oxygen atoms in total. The Morgan fingerprint density at radius 1 is 1.11 bits per heavy atom. The first-order valence-electron chi connectivity index (χ1n) is 8.93. The Morgan fingerprint density at radius 3 is 2.46 bits per heavy atom. The van der Waals surface area contributed by atoms with E-state index in [1.54, 1.807) is 43.0 Å². The zero-order valence-electron chi connectivity index (χ0n) is 15.0.